The zero-order valence-corrected chi connectivity index (χ0v) is 22.3. The number of nitrogens with two attached hydrogens (primary N) is 1. The lowest BCUT2D eigenvalue weighted by Gasteiger charge is -2.44. The highest BCUT2D eigenvalue weighted by atomic mass is 16.5. The first-order valence-electron chi connectivity index (χ1n) is 13.1. The number of hydrogen-bond acceptors (Lipinski definition) is 5. The van der Waals surface area contributed by atoms with Crippen molar-refractivity contribution < 1.29 is 19.1 Å². The Hall–Kier alpha value is -3.35. The zero-order chi connectivity index (χ0) is 26.8. The third kappa shape index (κ3) is 7.12. The van der Waals surface area contributed by atoms with Crippen molar-refractivity contribution in [3.8, 4) is 16.9 Å². The maximum Gasteiger partial charge on any atom is 0.306 e. The third-order valence-corrected chi connectivity index (χ3v) is 7.35. The van der Waals surface area contributed by atoms with E-state index in [0.717, 1.165) is 30.4 Å². The Kier molecular flexibility index (Phi) is 7.62. The van der Waals surface area contributed by atoms with Gasteiger partial charge in [0, 0.05) is 5.56 Å². The normalized spacial score (nSPS) is 22.8. The van der Waals surface area contributed by atoms with E-state index in [0.29, 0.717) is 24.3 Å². The summed E-state index contributed by atoms with van der Waals surface area (Å²) in [7, 11) is 0. The summed E-state index contributed by atoms with van der Waals surface area (Å²) in [5.74, 6) is -0.0214. The highest BCUT2D eigenvalue weighted by Gasteiger charge is 2.41. The first kappa shape index (κ1) is 26.7. The fourth-order valence-corrected chi connectivity index (χ4v) is 6.16. The molecule has 1 heterocycles. The van der Waals surface area contributed by atoms with Gasteiger partial charge in [-0.3, -0.25) is 15.0 Å². The van der Waals surface area contributed by atoms with Gasteiger partial charge in [0.05, 0.1) is 18.4 Å². The minimum Gasteiger partial charge on any atom is -0.491 e. The van der Waals surface area contributed by atoms with Crippen molar-refractivity contribution in [2.75, 3.05) is 6.61 Å². The Labute approximate surface area is 219 Å². The van der Waals surface area contributed by atoms with Gasteiger partial charge in [-0.25, -0.2) is 0 Å². The van der Waals surface area contributed by atoms with Crippen LogP contribution in [0.5, 0.6) is 5.75 Å². The number of nitrogens with one attached hydrogen (secondary N) is 2. The van der Waals surface area contributed by atoms with E-state index in [2.05, 4.69) is 33.0 Å². The van der Waals surface area contributed by atoms with E-state index in [1.165, 1.54) is 0 Å². The standard InChI is InChI=1S/C30H39N3O4/c1-29(2)15-25(16-30(3,4)18-29)37-26(34)14-22-13-23(33-28(22)35)17-36-24-11-9-20(10-12-24)19-5-7-21(8-6-19)27(31)32/h5-12,22-23,25H,13-18H2,1-4H3,(H3,31,32)(H,33,35)/t22-,23-/m0/s1. The number of amides is 1. The highest BCUT2D eigenvalue weighted by molar-refractivity contribution is 5.95. The van der Waals surface area contributed by atoms with Gasteiger partial charge in [-0.2, -0.15) is 0 Å². The predicted octanol–water partition coefficient (Wildman–Crippen LogP) is 5.06. The summed E-state index contributed by atoms with van der Waals surface area (Å²) in [6.45, 7) is 9.25. The number of carbonyl (C=O) groups excluding carboxylic acids is 2. The maximum absolute atomic E-state index is 12.7. The van der Waals surface area contributed by atoms with Gasteiger partial charge in [-0.05, 0) is 59.8 Å². The van der Waals surface area contributed by atoms with Crippen molar-refractivity contribution in [3.05, 3.63) is 54.1 Å². The van der Waals surface area contributed by atoms with Crippen LogP contribution in [0.3, 0.4) is 0 Å². The fourth-order valence-electron chi connectivity index (χ4n) is 6.16. The molecule has 2 aromatic carbocycles. The van der Waals surface area contributed by atoms with Crippen LogP contribution in [0.2, 0.25) is 0 Å². The molecule has 1 aliphatic heterocycles. The Morgan fingerprint density at radius 1 is 1.00 bits per heavy atom. The highest BCUT2D eigenvalue weighted by Crippen LogP contribution is 2.46. The lowest BCUT2D eigenvalue weighted by molar-refractivity contribution is -0.157. The lowest BCUT2D eigenvalue weighted by Crippen LogP contribution is -2.39. The topological polar surface area (TPSA) is 114 Å². The van der Waals surface area contributed by atoms with Gasteiger partial charge in [0.15, 0.2) is 0 Å². The first-order chi connectivity index (χ1) is 17.4. The summed E-state index contributed by atoms with van der Waals surface area (Å²) in [6.07, 6.45) is 3.39. The first-order valence-corrected chi connectivity index (χ1v) is 13.1. The molecule has 37 heavy (non-hydrogen) atoms. The van der Waals surface area contributed by atoms with E-state index in [1.807, 2.05) is 48.5 Å². The predicted molar refractivity (Wildman–Crippen MR) is 144 cm³/mol. The van der Waals surface area contributed by atoms with Crippen LogP contribution in [-0.4, -0.2) is 36.5 Å². The van der Waals surface area contributed by atoms with Gasteiger partial charge in [0.25, 0.3) is 0 Å². The molecule has 1 amide bonds. The summed E-state index contributed by atoms with van der Waals surface area (Å²) in [5, 5.41) is 10.5. The number of hydrogen-bond donors (Lipinski definition) is 3. The molecule has 0 radical (unpaired) electrons. The van der Waals surface area contributed by atoms with Crippen LogP contribution in [0, 0.1) is 22.2 Å². The number of carbonyl (C=O) groups is 2. The molecule has 0 aromatic heterocycles. The van der Waals surface area contributed by atoms with Crippen molar-refractivity contribution in [3.63, 3.8) is 0 Å². The Bertz CT molecular complexity index is 1120. The number of benzene rings is 2. The molecule has 198 valence electrons. The second-order valence-corrected chi connectivity index (χ2v) is 12.2. The Balaban J connectivity index is 1.25. The van der Waals surface area contributed by atoms with Crippen LogP contribution in [0.15, 0.2) is 48.5 Å². The summed E-state index contributed by atoms with van der Waals surface area (Å²) in [6, 6.07) is 15.1. The number of nitrogen functional groups attached to an aromatic ring is 1. The third-order valence-electron chi connectivity index (χ3n) is 7.35. The smallest absolute Gasteiger partial charge is 0.306 e. The average Bonchev–Trinajstić information content (AvgIpc) is 3.14. The molecule has 1 saturated carbocycles. The molecule has 2 atom stereocenters. The van der Waals surface area contributed by atoms with Crippen molar-refractivity contribution >= 4 is 17.7 Å². The number of esters is 1. The molecule has 2 aliphatic rings. The maximum atomic E-state index is 12.7. The minimum absolute atomic E-state index is 0.0470. The lowest BCUT2D eigenvalue weighted by atomic mass is 9.64. The van der Waals surface area contributed by atoms with Crippen molar-refractivity contribution in [2.24, 2.45) is 22.5 Å². The van der Waals surface area contributed by atoms with Crippen LogP contribution in [-0.2, 0) is 14.3 Å². The summed E-state index contributed by atoms with van der Waals surface area (Å²) in [5.41, 5.74) is 8.54. The quantitative estimate of drug-likeness (QED) is 0.264. The molecule has 2 fully saturated rings. The largest absolute Gasteiger partial charge is 0.491 e. The van der Waals surface area contributed by atoms with E-state index in [1.54, 1.807) is 0 Å². The summed E-state index contributed by atoms with van der Waals surface area (Å²) >= 11 is 0. The molecular weight excluding hydrogens is 466 g/mol. The zero-order valence-electron chi connectivity index (χ0n) is 22.3. The number of rotatable bonds is 8. The fraction of sp³-hybridized carbons (Fsp3) is 0.500. The van der Waals surface area contributed by atoms with E-state index in [-0.39, 0.29) is 53.0 Å². The van der Waals surface area contributed by atoms with Crippen molar-refractivity contribution in [1.29, 1.82) is 5.41 Å². The number of amidine groups is 1. The van der Waals surface area contributed by atoms with Crippen LogP contribution >= 0.6 is 0 Å². The molecule has 1 aliphatic carbocycles. The molecule has 2 aromatic rings. The van der Waals surface area contributed by atoms with E-state index >= 15 is 0 Å². The average molecular weight is 506 g/mol. The summed E-state index contributed by atoms with van der Waals surface area (Å²) < 4.78 is 11.8. The van der Waals surface area contributed by atoms with E-state index in [9.17, 15) is 9.59 Å². The molecule has 0 bridgehead atoms. The Morgan fingerprint density at radius 3 is 2.14 bits per heavy atom. The Morgan fingerprint density at radius 2 is 1.57 bits per heavy atom. The summed E-state index contributed by atoms with van der Waals surface area (Å²) in [4.78, 5) is 25.2. The van der Waals surface area contributed by atoms with Gasteiger partial charge < -0.3 is 20.5 Å². The molecule has 4 N–H and O–H groups in total. The van der Waals surface area contributed by atoms with E-state index < -0.39 is 0 Å². The van der Waals surface area contributed by atoms with Gasteiger partial charge in [-0.15, -0.1) is 0 Å². The molecule has 0 unspecified atom stereocenters. The SMILES string of the molecule is CC1(C)CC(OC(=O)C[C@@H]2C[C@@H](COc3ccc(-c4ccc(C(=N)N)cc4)cc3)NC2=O)CC(C)(C)C1. The molecule has 0 spiro atoms. The van der Waals surface area contributed by atoms with Crippen LogP contribution < -0.4 is 15.8 Å². The monoisotopic (exact) mass is 505 g/mol. The number of ether oxygens (including phenoxy) is 2. The molecule has 7 heteroatoms. The molecule has 7 nitrogen and oxygen atoms in total. The van der Waals surface area contributed by atoms with Crippen molar-refractivity contribution in [1.82, 2.24) is 5.32 Å². The van der Waals surface area contributed by atoms with Gasteiger partial charge in [0.2, 0.25) is 5.91 Å². The van der Waals surface area contributed by atoms with Gasteiger partial charge in [0.1, 0.15) is 24.3 Å². The van der Waals surface area contributed by atoms with Crippen LogP contribution in [0.4, 0.5) is 0 Å². The van der Waals surface area contributed by atoms with Gasteiger partial charge >= 0.3 is 5.97 Å². The second-order valence-electron chi connectivity index (χ2n) is 12.2. The molecular formula is C30H39N3O4. The van der Waals surface area contributed by atoms with Crippen LogP contribution in [0.1, 0.15) is 65.4 Å². The molecule has 4 rings (SSSR count). The molecule has 1 saturated heterocycles. The van der Waals surface area contributed by atoms with Gasteiger partial charge in [-0.1, -0.05) is 64.1 Å². The minimum atomic E-state index is -0.383. The van der Waals surface area contributed by atoms with Crippen LogP contribution in [0.25, 0.3) is 11.1 Å². The van der Waals surface area contributed by atoms with Crippen molar-refractivity contribution in [2.45, 2.75) is 71.9 Å². The van der Waals surface area contributed by atoms with E-state index in [4.69, 9.17) is 20.6 Å². The second kappa shape index (κ2) is 10.6.